The lowest BCUT2D eigenvalue weighted by Gasteiger charge is -2.42. The number of hydrogen-bond donors (Lipinski definition) is 3. The summed E-state index contributed by atoms with van der Waals surface area (Å²) in [5, 5.41) is 17.6. The van der Waals surface area contributed by atoms with Crippen molar-refractivity contribution in [3.63, 3.8) is 0 Å². The monoisotopic (exact) mass is 740 g/mol. The second kappa shape index (κ2) is 13.1. The average molecular weight is 741 g/mol. The van der Waals surface area contributed by atoms with Gasteiger partial charge in [-0.3, -0.25) is 16.0 Å². The molecule has 12 rings (SSSR count). The first kappa shape index (κ1) is 32.8. The number of rotatable bonds is 5. The molecule has 6 heteroatoms. The van der Waals surface area contributed by atoms with Crippen LogP contribution in [0, 0.1) is 5.92 Å². The zero-order valence-corrected chi connectivity index (χ0v) is 31.2. The van der Waals surface area contributed by atoms with Gasteiger partial charge in [0, 0.05) is 55.7 Å². The highest BCUT2D eigenvalue weighted by Crippen LogP contribution is 2.40. The van der Waals surface area contributed by atoms with Gasteiger partial charge in [0.15, 0.2) is 0 Å². The molecule has 1 fully saturated rings. The molecule has 276 valence electrons. The average Bonchev–Trinajstić information content (AvgIpc) is 3.95. The lowest BCUT2D eigenvalue weighted by Crippen LogP contribution is -2.61. The van der Waals surface area contributed by atoms with Crippen molar-refractivity contribution < 1.29 is 8.83 Å². The Kier molecular flexibility index (Phi) is 7.51. The number of para-hydroxylation sites is 2. The number of furan rings is 2. The highest BCUT2D eigenvalue weighted by Gasteiger charge is 2.33. The van der Waals surface area contributed by atoms with Crippen molar-refractivity contribution in [3.8, 4) is 11.1 Å². The first-order valence-electron chi connectivity index (χ1n) is 20.1. The van der Waals surface area contributed by atoms with Crippen LogP contribution in [0.25, 0.3) is 73.1 Å². The smallest absolute Gasteiger partial charge is 0.136 e. The third-order valence-electron chi connectivity index (χ3n) is 12.4. The van der Waals surface area contributed by atoms with Gasteiger partial charge in [-0.1, -0.05) is 133 Å². The number of fused-ring (bicyclic) bond motifs is 9. The van der Waals surface area contributed by atoms with E-state index in [1.165, 1.54) is 43.7 Å². The maximum atomic E-state index is 6.75. The SMILES string of the molecule is C1=CC(n2c3ccccc3c3ccccc32)Cc2oc3cc(-c4cccc5oc6c(c45)=CCC(C4NC(c5ccccc5)NC(c5ccccc5)N4)C=6)ccc3c21. The maximum Gasteiger partial charge on any atom is 0.136 e. The summed E-state index contributed by atoms with van der Waals surface area (Å²) in [7, 11) is 0. The van der Waals surface area contributed by atoms with Crippen LogP contribution in [0.2, 0.25) is 0 Å². The molecule has 3 aromatic heterocycles. The third kappa shape index (κ3) is 5.36. The highest BCUT2D eigenvalue weighted by atomic mass is 16.3. The molecule has 4 unspecified atom stereocenters. The van der Waals surface area contributed by atoms with Crippen LogP contribution in [-0.2, 0) is 6.42 Å². The normalized spacial score (nSPS) is 21.7. The van der Waals surface area contributed by atoms with Crippen LogP contribution in [0.1, 0.15) is 47.2 Å². The van der Waals surface area contributed by atoms with E-state index in [9.17, 15) is 0 Å². The van der Waals surface area contributed by atoms with E-state index < -0.39 is 0 Å². The second-order valence-corrected chi connectivity index (χ2v) is 15.7. The van der Waals surface area contributed by atoms with Gasteiger partial charge in [-0.2, -0.15) is 0 Å². The van der Waals surface area contributed by atoms with E-state index in [1.54, 1.807) is 0 Å². The van der Waals surface area contributed by atoms with Crippen LogP contribution in [0.4, 0.5) is 0 Å². The van der Waals surface area contributed by atoms with Crippen LogP contribution >= 0.6 is 0 Å². The van der Waals surface area contributed by atoms with Gasteiger partial charge < -0.3 is 13.4 Å². The Morgan fingerprint density at radius 3 is 2.00 bits per heavy atom. The predicted octanol–water partition coefficient (Wildman–Crippen LogP) is 9.85. The quantitative estimate of drug-likeness (QED) is 0.164. The summed E-state index contributed by atoms with van der Waals surface area (Å²) in [5.74, 6) is 1.22. The fourth-order valence-electron chi connectivity index (χ4n) is 9.72. The lowest BCUT2D eigenvalue weighted by atomic mass is 9.92. The van der Waals surface area contributed by atoms with Crippen LogP contribution in [0.15, 0.2) is 161 Å². The molecule has 0 radical (unpaired) electrons. The number of nitrogens with zero attached hydrogens (tertiary/aromatic N) is 1. The minimum Gasteiger partial charge on any atom is -0.460 e. The fraction of sp³-hybridized carbons (Fsp3) is 0.137. The van der Waals surface area contributed by atoms with Crippen molar-refractivity contribution in [2.75, 3.05) is 0 Å². The molecule has 0 amide bonds. The van der Waals surface area contributed by atoms with Crippen molar-refractivity contribution >= 4 is 62.0 Å². The van der Waals surface area contributed by atoms with E-state index in [1.807, 2.05) is 0 Å². The first-order chi connectivity index (χ1) is 28.2. The molecule has 1 aliphatic heterocycles. The van der Waals surface area contributed by atoms with E-state index >= 15 is 0 Å². The molecule has 6 nitrogen and oxygen atoms in total. The molecule has 0 spiro atoms. The zero-order valence-electron chi connectivity index (χ0n) is 31.2. The van der Waals surface area contributed by atoms with E-state index in [2.05, 4.69) is 190 Å². The standard InChI is InChI=1S/C51H40N4O2/c1-3-12-31(13-4-1)49-52-50(32-14-5-2-6-15-32)54-51(53-49)34-23-26-41-46(29-34)56-44-21-11-18-36(48(41)44)33-22-25-39-40-27-24-35(30-47(40)57-45(39)28-33)55-42-19-9-7-16-37(42)38-17-8-10-20-43(38)55/h1-22,24-29,34-35,49-54H,23,30H2. The van der Waals surface area contributed by atoms with Gasteiger partial charge in [0.25, 0.3) is 0 Å². The van der Waals surface area contributed by atoms with E-state index in [4.69, 9.17) is 8.83 Å². The summed E-state index contributed by atoms with van der Waals surface area (Å²) in [6.45, 7) is 0. The Labute approximate surface area is 329 Å². The molecule has 6 aromatic carbocycles. The summed E-state index contributed by atoms with van der Waals surface area (Å²) < 4.78 is 15.9. The molecule has 0 bridgehead atoms. The van der Waals surface area contributed by atoms with E-state index in [-0.39, 0.29) is 30.5 Å². The van der Waals surface area contributed by atoms with Crippen LogP contribution in [-0.4, -0.2) is 10.7 Å². The molecule has 57 heavy (non-hydrogen) atoms. The molecule has 9 aromatic rings. The molecule has 3 N–H and O–H groups in total. The van der Waals surface area contributed by atoms with Crippen molar-refractivity contribution in [2.45, 2.75) is 37.4 Å². The van der Waals surface area contributed by atoms with Gasteiger partial charge in [0.05, 0.1) is 24.5 Å². The summed E-state index contributed by atoms with van der Waals surface area (Å²) in [6.07, 6.45) is 11.0. The fourth-order valence-corrected chi connectivity index (χ4v) is 9.72. The molecule has 3 aliphatic rings. The van der Waals surface area contributed by atoms with Gasteiger partial charge in [-0.25, -0.2) is 0 Å². The topological polar surface area (TPSA) is 67.3 Å². The van der Waals surface area contributed by atoms with Crippen LogP contribution < -0.4 is 26.6 Å². The molecular weight excluding hydrogens is 701 g/mol. The van der Waals surface area contributed by atoms with Crippen molar-refractivity contribution in [3.05, 3.63) is 185 Å². The van der Waals surface area contributed by atoms with Gasteiger partial charge >= 0.3 is 0 Å². The summed E-state index contributed by atoms with van der Waals surface area (Å²) >= 11 is 0. The minimum absolute atomic E-state index is 0.00283. The number of hydrogen-bond acceptors (Lipinski definition) is 5. The van der Waals surface area contributed by atoms with Gasteiger partial charge in [0.1, 0.15) is 22.3 Å². The van der Waals surface area contributed by atoms with E-state index in [0.29, 0.717) is 0 Å². The van der Waals surface area contributed by atoms with E-state index in [0.717, 1.165) is 57.1 Å². The summed E-state index contributed by atoms with van der Waals surface area (Å²) in [5.41, 5.74) is 11.1. The summed E-state index contributed by atoms with van der Waals surface area (Å²) in [4.78, 5) is 0. The molecule has 4 atom stereocenters. The maximum absolute atomic E-state index is 6.75. The second-order valence-electron chi connectivity index (χ2n) is 15.7. The Balaban J connectivity index is 0.880. The Morgan fingerprint density at radius 1 is 0.596 bits per heavy atom. The Hall–Kier alpha value is -6.44. The molecule has 4 heterocycles. The Bertz CT molecular complexity index is 3050. The van der Waals surface area contributed by atoms with Gasteiger partial charge in [-0.15, -0.1) is 0 Å². The first-order valence-corrected chi connectivity index (χ1v) is 20.1. The molecule has 1 saturated heterocycles. The Morgan fingerprint density at radius 2 is 1.28 bits per heavy atom. The largest absolute Gasteiger partial charge is 0.460 e. The van der Waals surface area contributed by atoms with Crippen molar-refractivity contribution in [2.24, 2.45) is 5.92 Å². The molecular formula is C51H40N4O2. The molecule has 0 saturated carbocycles. The van der Waals surface area contributed by atoms with Gasteiger partial charge in [-0.05, 0) is 65.1 Å². The van der Waals surface area contributed by atoms with Crippen LogP contribution in [0.5, 0.6) is 0 Å². The molecule has 2 aliphatic carbocycles. The van der Waals surface area contributed by atoms with Crippen molar-refractivity contribution in [1.29, 1.82) is 0 Å². The number of allylic oxidation sites excluding steroid dienone is 1. The highest BCUT2D eigenvalue weighted by molar-refractivity contribution is 6.08. The lowest BCUT2D eigenvalue weighted by molar-refractivity contribution is 0.176. The number of aromatic nitrogens is 1. The third-order valence-corrected chi connectivity index (χ3v) is 12.4. The predicted molar refractivity (Wildman–Crippen MR) is 230 cm³/mol. The summed E-state index contributed by atoms with van der Waals surface area (Å²) in [6, 6.07) is 52.0. The van der Waals surface area contributed by atoms with Crippen molar-refractivity contribution in [1.82, 2.24) is 20.5 Å². The zero-order chi connectivity index (χ0) is 37.5. The number of nitrogens with one attached hydrogen (secondary N) is 3. The van der Waals surface area contributed by atoms with Gasteiger partial charge in [0.2, 0.25) is 0 Å². The van der Waals surface area contributed by atoms with Crippen LogP contribution in [0.3, 0.4) is 0 Å². The number of benzene rings is 6. The minimum atomic E-state index is -0.00283.